The number of carbonyl (C=O) groups excluding carboxylic acids is 1. The van der Waals surface area contributed by atoms with E-state index in [1.807, 2.05) is 40.7 Å². The number of fused-ring (bicyclic) bond motifs is 1. The number of hydrogen-bond acceptors (Lipinski definition) is 2. The molecule has 0 aromatic carbocycles. The van der Waals surface area contributed by atoms with E-state index in [2.05, 4.69) is 10.3 Å². The SMILES string of the molecule is CC.CC.Cc1ccnc2c1CCC(=O)N2. The van der Waals surface area contributed by atoms with Crippen LogP contribution in [-0.2, 0) is 11.2 Å². The third kappa shape index (κ3) is 3.65. The molecule has 1 aromatic heterocycles. The smallest absolute Gasteiger partial charge is 0.225 e. The number of amides is 1. The van der Waals surface area contributed by atoms with Gasteiger partial charge in [0.25, 0.3) is 0 Å². The van der Waals surface area contributed by atoms with Gasteiger partial charge in [-0.25, -0.2) is 4.98 Å². The topological polar surface area (TPSA) is 42.0 Å². The standard InChI is InChI=1S/C9H10N2O.2C2H6/c1-6-4-5-10-9-7(6)2-3-8(12)11-9;2*1-2/h4-5H,2-3H2,1H3,(H,10,11,12);2*1-2H3. The molecule has 1 aromatic rings. The second-order valence-electron chi connectivity index (χ2n) is 3.00. The first-order valence-corrected chi connectivity index (χ1v) is 6.02. The van der Waals surface area contributed by atoms with E-state index in [1.54, 1.807) is 6.20 Å². The Morgan fingerprint density at radius 2 is 1.81 bits per heavy atom. The molecule has 0 spiro atoms. The fourth-order valence-electron chi connectivity index (χ4n) is 1.45. The van der Waals surface area contributed by atoms with Gasteiger partial charge in [-0.05, 0) is 30.5 Å². The highest BCUT2D eigenvalue weighted by Crippen LogP contribution is 2.22. The van der Waals surface area contributed by atoms with Crippen molar-refractivity contribution < 1.29 is 4.79 Å². The summed E-state index contributed by atoms with van der Waals surface area (Å²) in [7, 11) is 0. The zero-order chi connectivity index (χ0) is 12.6. The Balaban J connectivity index is 0.000000509. The Bertz CT molecular complexity index is 335. The van der Waals surface area contributed by atoms with E-state index in [9.17, 15) is 4.79 Å². The summed E-state index contributed by atoms with van der Waals surface area (Å²) >= 11 is 0. The number of hydrogen-bond donors (Lipinski definition) is 1. The molecule has 0 unspecified atom stereocenters. The lowest BCUT2D eigenvalue weighted by Gasteiger charge is -2.16. The van der Waals surface area contributed by atoms with E-state index in [-0.39, 0.29) is 5.91 Å². The van der Waals surface area contributed by atoms with Crippen molar-refractivity contribution in [3.63, 3.8) is 0 Å². The molecule has 16 heavy (non-hydrogen) atoms. The number of aryl methyl sites for hydroxylation is 1. The van der Waals surface area contributed by atoms with E-state index < -0.39 is 0 Å². The van der Waals surface area contributed by atoms with E-state index in [0.717, 1.165) is 12.2 Å². The maximum atomic E-state index is 11.0. The lowest BCUT2D eigenvalue weighted by atomic mass is 10.0. The average Bonchev–Trinajstić information content (AvgIpc) is 2.34. The van der Waals surface area contributed by atoms with E-state index in [0.29, 0.717) is 6.42 Å². The predicted molar refractivity (Wildman–Crippen MR) is 68.6 cm³/mol. The molecule has 0 bridgehead atoms. The molecule has 0 aliphatic carbocycles. The van der Waals surface area contributed by atoms with Crippen LogP contribution in [0.5, 0.6) is 0 Å². The van der Waals surface area contributed by atoms with Crippen LogP contribution in [0.4, 0.5) is 5.82 Å². The van der Waals surface area contributed by atoms with Gasteiger partial charge in [-0.15, -0.1) is 0 Å². The van der Waals surface area contributed by atoms with E-state index in [1.165, 1.54) is 11.1 Å². The fraction of sp³-hybridized carbons (Fsp3) is 0.538. The molecule has 2 heterocycles. The molecule has 0 saturated carbocycles. The Hall–Kier alpha value is -1.38. The van der Waals surface area contributed by atoms with Crippen LogP contribution in [0.3, 0.4) is 0 Å². The van der Waals surface area contributed by atoms with Crippen LogP contribution in [0.2, 0.25) is 0 Å². The van der Waals surface area contributed by atoms with Crippen molar-refractivity contribution in [3.05, 3.63) is 23.4 Å². The summed E-state index contributed by atoms with van der Waals surface area (Å²) in [6.07, 6.45) is 3.13. The Labute approximate surface area is 98.3 Å². The molecule has 3 nitrogen and oxygen atoms in total. The van der Waals surface area contributed by atoms with Gasteiger partial charge in [0.15, 0.2) is 0 Å². The van der Waals surface area contributed by atoms with Crippen LogP contribution < -0.4 is 5.32 Å². The fourth-order valence-corrected chi connectivity index (χ4v) is 1.45. The normalized spacial score (nSPS) is 12.2. The lowest BCUT2D eigenvalue weighted by Crippen LogP contribution is -2.20. The van der Waals surface area contributed by atoms with Crippen LogP contribution >= 0.6 is 0 Å². The maximum absolute atomic E-state index is 11.0. The largest absolute Gasteiger partial charge is 0.310 e. The Morgan fingerprint density at radius 3 is 2.44 bits per heavy atom. The number of pyridine rings is 1. The Morgan fingerprint density at radius 1 is 1.19 bits per heavy atom. The summed E-state index contributed by atoms with van der Waals surface area (Å²) in [5, 5.41) is 2.75. The number of carbonyl (C=O) groups is 1. The maximum Gasteiger partial charge on any atom is 0.225 e. The summed E-state index contributed by atoms with van der Waals surface area (Å²) in [5.74, 6) is 0.812. The molecule has 3 heteroatoms. The average molecular weight is 222 g/mol. The highest BCUT2D eigenvalue weighted by molar-refractivity contribution is 5.92. The summed E-state index contributed by atoms with van der Waals surface area (Å²) in [4.78, 5) is 15.1. The molecule has 0 saturated heterocycles. The number of anilines is 1. The summed E-state index contributed by atoms with van der Waals surface area (Å²) in [6, 6.07) is 1.97. The third-order valence-corrected chi connectivity index (χ3v) is 2.15. The van der Waals surface area contributed by atoms with Gasteiger partial charge in [0, 0.05) is 12.6 Å². The van der Waals surface area contributed by atoms with Crippen LogP contribution in [0.1, 0.15) is 45.2 Å². The van der Waals surface area contributed by atoms with Crippen molar-refractivity contribution in [2.45, 2.75) is 47.5 Å². The molecule has 1 N–H and O–H groups in total. The zero-order valence-corrected chi connectivity index (χ0v) is 10.9. The molecule has 90 valence electrons. The van der Waals surface area contributed by atoms with Crippen molar-refractivity contribution in [2.75, 3.05) is 5.32 Å². The zero-order valence-electron chi connectivity index (χ0n) is 10.9. The minimum Gasteiger partial charge on any atom is -0.310 e. The molecular weight excluding hydrogens is 200 g/mol. The van der Waals surface area contributed by atoms with Gasteiger partial charge in [-0.2, -0.15) is 0 Å². The summed E-state index contributed by atoms with van der Waals surface area (Å²) < 4.78 is 0. The first-order valence-electron chi connectivity index (χ1n) is 6.02. The van der Waals surface area contributed by atoms with Crippen molar-refractivity contribution in [3.8, 4) is 0 Å². The van der Waals surface area contributed by atoms with Crippen LogP contribution in [0.25, 0.3) is 0 Å². The van der Waals surface area contributed by atoms with Gasteiger partial charge in [-0.3, -0.25) is 4.79 Å². The van der Waals surface area contributed by atoms with Gasteiger partial charge < -0.3 is 5.32 Å². The number of rotatable bonds is 0. The second-order valence-corrected chi connectivity index (χ2v) is 3.00. The highest BCUT2D eigenvalue weighted by Gasteiger charge is 2.16. The molecular formula is C13H22N2O. The van der Waals surface area contributed by atoms with Gasteiger partial charge in [0.05, 0.1) is 0 Å². The summed E-state index contributed by atoms with van der Waals surface area (Å²) in [5.41, 5.74) is 2.39. The van der Waals surface area contributed by atoms with Crippen molar-refractivity contribution in [2.24, 2.45) is 0 Å². The first kappa shape index (κ1) is 14.6. The molecule has 1 aliphatic rings. The van der Waals surface area contributed by atoms with Gasteiger partial charge in [0.1, 0.15) is 5.82 Å². The van der Waals surface area contributed by atoms with Crippen LogP contribution in [0.15, 0.2) is 12.3 Å². The molecule has 1 aliphatic heterocycles. The minimum atomic E-state index is 0.0700. The Kier molecular flexibility index (Phi) is 7.18. The number of aromatic nitrogens is 1. The predicted octanol–water partition coefficient (Wildman–Crippen LogP) is 3.33. The van der Waals surface area contributed by atoms with Crippen LogP contribution in [-0.4, -0.2) is 10.9 Å². The van der Waals surface area contributed by atoms with E-state index >= 15 is 0 Å². The number of nitrogens with zero attached hydrogens (tertiary/aromatic N) is 1. The molecule has 0 radical (unpaired) electrons. The van der Waals surface area contributed by atoms with Crippen LogP contribution in [0, 0.1) is 6.92 Å². The monoisotopic (exact) mass is 222 g/mol. The third-order valence-electron chi connectivity index (χ3n) is 2.15. The van der Waals surface area contributed by atoms with E-state index in [4.69, 9.17) is 0 Å². The summed E-state index contributed by atoms with van der Waals surface area (Å²) in [6.45, 7) is 10.0. The first-order chi connectivity index (χ1) is 7.77. The van der Waals surface area contributed by atoms with Crippen molar-refractivity contribution in [1.29, 1.82) is 0 Å². The highest BCUT2D eigenvalue weighted by atomic mass is 16.1. The van der Waals surface area contributed by atoms with Gasteiger partial charge in [-0.1, -0.05) is 27.7 Å². The molecule has 0 atom stereocenters. The van der Waals surface area contributed by atoms with Gasteiger partial charge >= 0.3 is 0 Å². The van der Waals surface area contributed by atoms with Crippen molar-refractivity contribution in [1.82, 2.24) is 4.98 Å². The molecule has 1 amide bonds. The molecule has 0 fully saturated rings. The quantitative estimate of drug-likeness (QED) is 0.731. The molecule has 2 rings (SSSR count). The number of nitrogens with one attached hydrogen (secondary N) is 1. The lowest BCUT2D eigenvalue weighted by molar-refractivity contribution is -0.116. The van der Waals surface area contributed by atoms with Gasteiger partial charge in [0.2, 0.25) is 5.91 Å². The minimum absolute atomic E-state index is 0.0700. The van der Waals surface area contributed by atoms with Crippen molar-refractivity contribution >= 4 is 11.7 Å². The second kappa shape index (κ2) is 7.85.